The fourth-order valence-corrected chi connectivity index (χ4v) is 3.02. The van der Waals surface area contributed by atoms with E-state index in [1.54, 1.807) is 12.1 Å². The van der Waals surface area contributed by atoms with E-state index >= 15 is 0 Å². The zero-order valence-corrected chi connectivity index (χ0v) is 11.5. The second-order valence-corrected chi connectivity index (χ2v) is 5.40. The van der Waals surface area contributed by atoms with Crippen LogP contribution in [0.5, 0.6) is 0 Å². The molecule has 6 nitrogen and oxygen atoms in total. The van der Waals surface area contributed by atoms with Crippen LogP contribution in [0.3, 0.4) is 0 Å². The maximum atomic E-state index is 12.3. The zero-order valence-electron chi connectivity index (χ0n) is 11.5. The molecule has 0 aliphatic carbocycles. The van der Waals surface area contributed by atoms with E-state index < -0.39 is 12.0 Å². The summed E-state index contributed by atoms with van der Waals surface area (Å²) in [6.45, 7) is 0.800. The average molecular weight is 288 g/mol. The molecule has 0 bridgehead atoms. The Kier molecular flexibility index (Phi) is 3.37. The van der Waals surface area contributed by atoms with Gasteiger partial charge in [0.2, 0.25) is 5.91 Å². The minimum absolute atomic E-state index is 0.0582. The molecule has 6 heteroatoms. The van der Waals surface area contributed by atoms with Gasteiger partial charge in [-0.3, -0.25) is 9.59 Å². The molecule has 3 rings (SSSR count). The first-order valence-corrected chi connectivity index (χ1v) is 6.97. The van der Waals surface area contributed by atoms with E-state index in [-0.39, 0.29) is 18.4 Å². The molecular formula is C15H16N2O4. The number of amides is 2. The minimum atomic E-state index is -0.975. The molecule has 1 aromatic rings. The number of carboxylic acid groups (broad SMARTS) is 1. The van der Waals surface area contributed by atoms with Crippen LogP contribution < -0.4 is 0 Å². The molecule has 1 atom stereocenters. The van der Waals surface area contributed by atoms with Crippen LogP contribution in [0.4, 0.5) is 0 Å². The van der Waals surface area contributed by atoms with Gasteiger partial charge >= 0.3 is 5.97 Å². The number of fused-ring (bicyclic) bond motifs is 1. The normalized spacial score (nSPS) is 20.8. The van der Waals surface area contributed by atoms with E-state index in [2.05, 4.69) is 0 Å². The quantitative estimate of drug-likeness (QED) is 0.889. The topological polar surface area (TPSA) is 77.9 Å². The van der Waals surface area contributed by atoms with Crippen LogP contribution in [-0.2, 0) is 16.1 Å². The summed E-state index contributed by atoms with van der Waals surface area (Å²) in [5, 5.41) is 9.11. The molecule has 1 saturated heterocycles. The molecular weight excluding hydrogens is 272 g/mol. The van der Waals surface area contributed by atoms with Crippen molar-refractivity contribution in [1.29, 1.82) is 0 Å². The van der Waals surface area contributed by atoms with Gasteiger partial charge in [-0.25, -0.2) is 4.79 Å². The number of hydrogen-bond donors (Lipinski definition) is 1. The van der Waals surface area contributed by atoms with E-state index in [1.807, 2.05) is 12.1 Å². The largest absolute Gasteiger partial charge is 0.480 e. The predicted molar refractivity (Wildman–Crippen MR) is 73.6 cm³/mol. The monoisotopic (exact) mass is 288 g/mol. The van der Waals surface area contributed by atoms with Gasteiger partial charge in [-0.05, 0) is 24.5 Å². The standard InChI is InChI=1S/C15H16N2O4/c18-13(17-7-3-6-12(17)15(20)21)9-16-8-10-4-1-2-5-11(10)14(16)19/h1-2,4-5,12H,3,6-9H2,(H,20,21)/t12-/m1/s1. The average Bonchev–Trinajstić information content (AvgIpc) is 3.05. The minimum Gasteiger partial charge on any atom is -0.480 e. The SMILES string of the molecule is O=C(O)[C@H]1CCCN1C(=O)CN1Cc2ccccc2C1=O. The number of nitrogens with zero attached hydrogens (tertiary/aromatic N) is 2. The summed E-state index contributed by atoms with van der Waals surface area (Å²) >= 11 is 0. The van der Waals surface area contributed by atoms with Crippen LogP contribution in [0.25, 0.3) is 0 Å². The fraction of sp³-hybridized carbons (Fsp3) is 0.400. The van der Waals surface area contributed by atoms with Gasteiger partial charge in [-0.1, -0.05) is 18.2 Å². The first kappa shape index (κ1) is 13.6. The number of carboxylic acids is 1. The highest BCUT2D eigenvalue weighted by Crippen LogP contribution is 2.23. The number of likely N-dealkylation sites (tertiary alicyclic amines) is 1. The maximum Gasteiger partial charge on any atom is 0.326 e. The van der Waals surface area contributed by atoms with Crippen molar-refractivity contribution in [3.05, 3.63) is 35.4 Å². The second-order valence-electron chi connectivity index (χ2n) is 5.40. The van der Waals surface area contributed by atoms with Crippen molar-refractivity contribution in [2.24, 2.45) is 0 Å². The van der Waals surface area contributed by atoms with E-state index in [0.29, 0.717) is 31.5 Å². The van der Waals surface area contributed by atoms with Crippen molar-refractivity contribution >= 4 is 17.8 Å². The molecule has 21 heavy (non-hydrogen) atoms. The Morgan fingerprint density at radius 3 is 2.76 bits per heavy atom. The molecule has 2 amide bonds. The fourth-order valence-electron chi connectivity index (χ4n) is 3.02. The number of aliphatic carboxylic acids is 1. The molecule has 0 spiro atoms. The molecule has 0 unspecified atom stereocenters. The molecule has 0 radical (unpaired) electrons. The van der Waals surface area contributed by atoms with Gasteiger partial charge in [0.25, 0.3) is 5.91 Å². The van der Waals surface area contributed by atoms with Crippen molar-refractivity contribution in [2.75, 3.05) is 13.1 Å². The molecule has 0 saturated carbocycles. The lowest BCUT2D eigenvalue weighted by Gasteiger charge is -2.24. The lowest BCUT2D eigenvalue weighted by Crippen LogP contribution is -2.45. The van der Waals surface area contributed by atoms with Crippen LogP contribution >= 0.6 is 0 Å². The summed E-state index contributed by atoms with van der Waals surface area (Å²) in [5.74, 6) is -1.43. The molecule has 1 N–H and O–H groups in total. The lowest BCUT2D eigenvalue weighted by molar-refractivity contribution is -0.148. The number of benzene rings is 1. The van der Waals surface area contributed by atoms with E-state index in [9.17, 15) is 14.4 Å². The lowest BCUT2D eigenvalue weighted by atomic mass is 10.1. The third-order valence-electron chi connectivity index (χ3n) is 4.08. The molecule has 1 fully saturated rings. The van der Waals surface area contributed by atoms with Crippen LogP contribution in [0, 0.1) is 0 Å². The number of carbonyl (C=O) groups excluding carboxylic acids is 2. The van der Waals surface area contributed by atoms with Crippen LogP contribution in [0.2, 0.25) is 0 Å². The van der Waals surface area contributed by atoms with E-state index in [0.717, 1.165) is 5.56 Å². The summed E-state index contributed by atoms with van der Waals surface area (Å²) in [6, 6.07) is 6.52. The highest BCUT2D eigenvalue weighted by atomic mass is 16.4. The maximum absolute atomic E-state index is 12.3. The molecule has 1 aromatic carbocycles. The Morgan fingerprint density at radius 2 is 2.05 bits per heavy atom. The van der Waals surface area contributed by atoms with Gasteiger partial charge in [0.1, 0.15) is 12.6 Å². The molecule has 110 valence electrons. The number of rotatable bonds is 3. The van der Waals surface area contributed by atoms with Gasteiger partial charge in [0.15, 0.2) is 0 Å². The van der Waals surface area contributed by atoms with Crippen LogP contribution in [-0.4, -0.2) is 51.8 Å². The van der Waals surface area contributed by atoms with Crippen molar-refractivity contribution in [2.45, 2.75) is 25.4 Å². The summed E-state index contributed by atoms with van der Waals surface area (Å²) in [5.41, 5.74) is 1.54. The first-order chi connectivity index (χ1) is 10.1. The van der Waals surface area contributed by atoms with Crippen LogP contribution in [0.15, 0.2) is 24.3 Å². The molecule has 2 aliphatic rings. The summed E-state index contributed by atoms with van der Waals surface area (Å²) in [4.78, 5) is 38.5. The molecule has 2 heterocycles. The highest BCUT2D eigenvalue weighted by molar-refractivity contribution is 6.00. The van der Waals surface area contributed by atoms with Crippen LogP contribution in [0.1, 0.15) is 28.8 Å². The Morgan fingerprint density at radius 1 is 1.29 bits per heavy atom. The van der Waals surface area contributed by atoms with Gasteiger partial charge in [0.05, 0.1) is 0 Å². The number of carbonyl (C=O) groups is 3. The van der Waals surface area contributed by atoms with E-state index in [4.69, 9.17) is 5.11 Å². The third-order valence-corrected chi connectivity index (χ3v) is 4.08. The summed E-state index contributed by atoms with van der Waals surface area (Å²) in [7, 11) is 0. The Labute approximate surface area is 122 Å². The third kappa shape index (κ3) is 2.37. The summed E-state index contributed by atoms with van der Waals surface area (Å²) < 4.78 is 0. The Hall–Kier alpha value is -2.37. The Balaban J connectivity index is 1.70. The van der Waals surface area contributed by atoms with Crippen molar-refractivity contribution in [3.63, 3.8) is 0 Å². The Bertz CT molecular complexity index is 613. The summed E-state index contributed by atoms with van der Waals surface area (Å²) in [6.07, 6.45) is 1.17. The molecule has 2 aliphatic heterocycles. The highest BCUT2D eigenvalue weighted by Gasteiger charge is 2.36. The van der Waals surface area contributed by atoms with E-state index in [1.165, 1.54) is 9.80 Å². The second kappa shape index (κ2) is 5.20. The van der Waals surface area contributed by atoms with Gasteiger partial charge in [-0.15, -0.1) is 0 Å². The van der Waals surface area contributed by atoms with Gasteiger partial charge in [0, 0.05) is 18.7 Å². The smallest absolute Gasteiger partial charge is 0.326 e. The van der Waals surface area contributed by atoms with Crippen molar-refractivity contribution < 1.29 is 19.5 Å². The van der Waals surface area contributed by atoms with Gasteiger partial charge in [-0.2, -0.15) is 0 Å². The molecule has 0 aromatic heterocycles. The predicted octanol–water partition coefficient (Wildman–Crippen LogP) is 0.718. The first-order valence-electron chi connectivity index (χ1n) is 6.97. The zero-order chi connectivity index (χ0) is 15.0. The van der Waals surface area contributed by atoms with Crippen molar-refractivity contribution in [1.82, 2.24) is 9.80 Å². The van der Waals surface area contributed by atoms with Crippen molar-refractivity contribution in [3.8, 4) is 0 Å². The van der Waals surface area contributed by atoms with Gasteiger partial charge < -0.3 is 14.9 Å². The number of hydrogen-bond acceptors (Lipinski definition) is 3.